The highest BCUT2D eigenvalue weighted by Gasteiger charge is 2.42. The number of carbonyl (C=O) groups excluding carboxylic acids is 1. The summed E-state index contributed by atoms with van der Waals surface area (Å²) in [6, 6.07) is 0.617. The Kier molecular flexibility index (Phi) is 1.90. The summed E-state index contributed by atoms with van der Waals surface area (Å²) in [6.07, 6.45) is 3.72. The number of morpholine rings is 1. The van der Waals surface area contributed by atoms with E-state index in [2.05, 4.69) is 0 Å². The Morgan fingerprint density at radius 3 is 2.64 bits per heavy atom. The van der Waals surface area contributed by atoms with Crippen molar-refractivity contribution in [2.45, 2.75) is 31.4 Å². The summed E-state index contributed by atoms with van der Waals surface area (Å²) in [5, 5.41) is 0. The van der Waals surface area contributed by atoms with Crippen LogP contribution in [0.2, 0.25) is 0 Å². The number of hydrogen-bond acceptors (Lipinski definition) is 2. The van der Waals surface area contributed by atoms with Crippen LogP contribution in [0.3, 0.4) is 0 Å². The van der Waals surface area contributed by atoms with Gasteiger partial charge >= 0.3 is 6.03 Å². The number of ether oxygens (including phenoxy) is 1. The van der Waals surface area contributed by atoms with Crippen molar-refractivity contribution in [3.05, 3.63) is 0 Å². The molecular formula is C10H16N2O2. The SMILES string of the molecule is O=C(N1CCCC1)N1CC2CC1CO2. The Morgan fingerprint density at radius 1 is 1.29 bits per heavy atom. The van der Waals surface area contributed by atoms with E-state index in [9.17, 15) is 4.79 Å². The van der Waals surface area contributed by atoms with E-state index in [0.29, 0.717) is 12.1 Å². The summed E-state index contributed by atoms with van der Waals surface area (Å²) in [4.78, 5) is 16.0. The van der Waals surface area contributed by atoms with Gasteiger partial charge in [0.1, 0.15) is 0 Å². The molecule has 0 saturated carbocycles. The maximum atomic E-state index is 12.0. The summed E-state index contributed by atoms with van der Waals surface area (Å²) in [7, 11) is 0. The van der Waals surface area contributed by atoms with Crippen molar-refractivity contribution in [1.29, 1.82) is 0 Å². The standard InChI is InChI=1S/C10H16N2O2/c13-10(11-3-1-2-4-11)12-6-9-5-8(12)7-14-9/h8-9H,1-7H2. The number of amides is 2. The lowest BCUT2D eigenvalue weighted by Crippen LogP contribution is -2.47. The average Bonchev–Trinajstić information content (AvgIpc) is 2.93. The third kappa shape index (κ3) is 1.21. The number of rotatable bonds is 0. The number of likely N-dealkylation sites (tertiary alicyclic amines) is 2. The quantitative estimate of drug-likeness (QED) is 0.570. The van der Waals surface area contributed by atoms with Gasteiger partial charge in [-0.3, -0.25) is 0 Å². The molecule has 3 saturated heterocycles. The lowest BCUT2D eigenvalue weighted by atomic mass is 10.2. The predicted molar refractivity (Wildman–Crippen MR) is 51.1 cm³/mol. The number of carbonyl (C=O) groups is 1. The predicted octanol–water partition coefficient (Wildman–Crippen LogP) is 0.675. The van der Waals surface area contributed by atoms with Gasteiger partial charge in [0.15, 0.2) is 0 Å². The fourth-order valence-electron chi connectivity index (χ4n) is 2.72. The van der Waals surface area contributed by atoms with E-state index in [1.165, 1.54) is 12.8 Å². The van der Waals surface area contributed by atoms with E-state index < -0.39 is 0 Å². The minimum absolute atomic E-state index is 0.248. The molecule has 14 heavy (non-hydrogen) atoms. The second kappa shape index (κ2) is 3.12. The van der Waals surface area contributed by atoms with Crippen LogP contribution >= 0.6 is 0 Å². The maximum absolute atomic E-state index is 12.0. The molecular weight excluding hydrogens is 180 g/mol. The van der Waals surface area contributed by atoms with Crippen LogP contribution in [-0.2, 0) is 4.74 Å². The highest BCUT2D eigenvalue weighted by molar-refractivity contribution is 5.75. The van der Waals surface area contributed by atoms with Crippen LogP contribution in [0, 0.1) is 0 Å². The third-order valence-electron chi connectivity index (χ3n) is 3.52. The van der Waals surface area contributed by atoms with Gasteiger partial charge in [0.05, 0.1) is 18.8 Å². The van der Waals surface area contributed by atoms with Crippen LogP contribution in [0.25, 0.3) is 0 Å². The van der Waals surface area contributed by atoms with Gasteiger partial charge in [0, 0.05) is 19.6 Å². The van der Waals surface area contributed by atoms with Crippen LogP contribution in [0.5, 0.6) is 0 Å². The minimum Gasteiger partial charge on any atom is -0.374 e. The highest BCUT2D eigenvalue weighted by Crippen LogP contribution is 2.29. The van der Waals surface area contributed by atoms with Gasteiger partial charge in [-0.1, -0.05) is 0 Å². The molecule has 0 radical (unpaired) electrons. The smallest absolute Gasteiger partial charge is 0.320 e. The van der Waals surface area contributed by atoms with Gasteiger partial charge < -0.3 is 14.5 Å². The summed E-state index contributed by atoms with van der Waals surface area (Å²) in [6.45, 7) is 3.48. The molecule has 3 fully saturated rings. The number of nitrogens with zero attached hydrogens (tertiary/aromatic N) is 2. The molecule has 2 amide bonds. The average molecular weight is 196 g/mol. The zero-order valence-electron chi connectivity index (χ0n) is 8.32. The molecule has 3 aliphatic heterocycles. The first-order valence-corrected chi connectivity index (χ1v) is 5.52. The first-order valence-electron chi connectivity index (χ1n) is 5.52. The topological polar surface area (TPSA) is 32.8 Å². The van der Waals surface area contributed by atoms with Gasteiger partial charge in [-0.25, -0.2) is 4.79 Å². The maximum Gasteiger partial charge on any atom is 0.320 e. The molecule has 2 atom stereocenters. The largest absolute Gasteiger partial charge is 0.374 e. The lowest BCUT2D eigenvalue weighted by Gasteiger charge is -2.30. The summed E-state index contributed by atoms with van der Waals surface area (Å²) >= 11 is 0. The Morgan fingerprint density at radius 2 is 2.07 bits per heavy atom. The van der Waals surface area contributed by atoms with E-state index in [4.69, 9.17) is 4.74 Å². The molecule has 0 aliphatic carbocycles. The van der Waals surface area contributed by atoms with Crippen molar-refractivity contribution in [2.75, 3.05) is 26.2 Å². The van der Waals surface area contributed by atoms with E-state index in [1.807, 2.05) is 9.80 Å². The second-order valence-electron chi connectivity index (χ2n) is 4.47. The van der Waals surface area contributed by atoms with Crippen molar-refractivity contribution in [3.8, 4) is 0 Å². The normalized spacial score (nSPS) is 35.7. The Bertz CT molecular complexity index is 251. The van der Waals surface area contributed by atoms with E-state index in [0.717, 1.165) is 32.7 Å². The fourth-order valence-corrected chi connectivity index (χ4v) is 2.72. The molecule has 78 valence electrons. The van der Waals surface area contributed by atoms with Crippen molar-refractivity contribution in [1.82, 2.24) is 9.80 Å². The molecule has 4 heteroatoms. The van der Waals surface area contributed by atoms with Crippen molar-refractivity contribution in [3.63, 3.8) is 0 Å². The first kappa shape index (κ1) is 8.53. The Balaban J connectivity index is 1.67. The van der Waals surface area contributed by atoms with E-state index in [1.54, 1.807) is 0 Å². The van der Waals surface area contributed by atoms with Crippen LogP contribution in [0.15, 0.2) is 0 Å². The summed E-state index contributed by atoms with van der Waals surface area (Å²) in [5.74, 6) is 0. The zero-order chi connectivity index (χ0) is 9.54. The third-order valence-corrected chi connectivity index (χ3v) is 3.52. The van der Waals surface area contributed by atoms with Gasteiger partial charge in [-0.05, 0) is 19.3 Å². The lowest BCUT2D eigenvalue weighted by molar-refractivity contribution is 0.0379. The van der Waals surface area contributed by atoms with E-state index in [-0.39, 0.29) is 6.03 Å². The van der Waals surface area contributed by atoms with E-state index >= 15 is 0 Å². The van der Waals surface area contributed by atoms with Gasteiger partial charge in [-0.15, -0.1) is 0 Å². The van der Waals surface area contributed by atoms with Gasteiger partial charge in [-0.2, -0.15) is 0 Å². The molecule has 0 aromatic heterocycles. The van der Waals surface area contributed by atoms with Crippen LogP contribution in [-0.4, -0.2) is 54.2 Å². The minimum atomic E-state index is 0.248. The molecule has 2 unspecified atom stereocenters. The molecule has 2 bridgehead atoms. The molecule has 0 aromatic rings. The molecule has 4 nitrogen and oxygen atoms in total. The molecule has 0 aromatic carbocycles. The van der Waals surface area contributed by atoms with Gasteiger partial charge in [0.25, 0.3) is 0 Å². The summed E-state index contributed by atoms with van der Waals surface area (Å²) in [5.41, 5.74) is 0. The Hall–Kier alpha value is -0.770. The van der Waals surface area contributed by atoms with Crippen molar-refractivity contribution >= 4 is 6.03 Å². The van der Waals surface area contributed by atoms with Crippen molar-refractivity contribution < 1.29 is 9.53 Å². The monoisotopic (exact) mass is 196 g/mol. The van der Waals surface area contributed by atoms with Gasteiger partial charge in [0.2, 0.25) is 0 Å². The fraction of sp³-hybridized carbons (Fsp3) is 0.900. The highest BCUT2D eigenvalue weighted by atomic mass is 16.5. The molecule has 3 rings (SSSR count). The Labute approximate surface area is 83.8 Å². The first-order chi connectivity index (χ1) is 6.84. The number of fused-ring (bicyclic) bond motifs is 2. The zero-order valence-corrected chi connectivity index (χ0v) is 8.32. The van der Waals surface area contributed by atoms with Crippen LogP contribution in [0.4, 0.5) is 4.79 Å². The van der Waals surface area contributed by atoms with Crippen molar-refractivity contribution in [2.24, 2.45) is 0 Å². The molecule has 3 aliphatic rings. The molecule has 3 heterocycles. The summed E-state index contributed by atoms with van der Waals surface area (Å²) < 4.78 is 5.48. The van der Waals surface area contributed by atoms with Crippen LogP contribution < -0.4 is 0 Å². The molecule has 0 spiro atoms. The number of urea groups is 1. The molecule has 0 N–H and O–H groups in total. The second-order valence-corrected chi connectivity index (χ2v) is 4.47. The number of hydrogen-bond donors (Lipinski definition) is 0. The van der Waals surface area contributed by atoms with Crippen LogP contribution in [0.1, 0.15) is 19.3 Å².